The quantitative estimate of drug-likeness (QED) is 0.535. The summed E-state index contributed by atoms with van der Waals surface area (Å²) < 4.78 is 26.9. The molecule has 0 amide bonds. The van der Waals surface area contributed by atoms with Gasteiger partial charge in [0.25, 0.3) is 5.56 Å². The molecule has 0 atom stereocenters. The zero-order valence-corrected chi connectivity index (χ0v) is 15.3. The highest BCUT2D eigenvalue weighted by Gasteiger charge is 2.13. The van der Waals surface area contributed by atoms with Crippen LogP contribution in [0.2, 0.25) is 5.02 Å². The molecule has 3 rings (SSSR count). The predicted octanol–water partition coefficient (Wildman–Crippen LogP) is 2.36. The number of aromatic amines is 1. The zero-order chi connectivity index (χ0) is 18.6. The second-order valence-electron chi connectivity index (χ2n) is 5.58. The van der Waals surface area contributed by atoms with E-state index < -0.39 is 10.0 Å². The number of nitrogens with zero attached hydrogens (tertiary/aromatic N) is 1. The molecule has 0 fully saturated rings. The predicted molar refractivity (Wildman–Crippen MR) is 102 cm³/mol. The third-order valence-electron chi connectivity index (χ3n) is 3.74. The summed E-state index contributed by atoms with van der Waals surface area (Å²) in [7, 11) is -3.59. The van der Waals surface area contributed by atoms with Crippen molar-refractivity contribution in [2.24, 2.45) is 0 Å². The molecule has 0 saturated carbocycles. The van der Waals surface area contributed by atoms with E-state index in [1.165, 1.54) is 12.1 Å². The summed E-state index contributed by atoms with van der Waals surface area (Å²) in [4.78, 5) is 11.9. The van der Waals surface area contributed by atoms with Gasteiger partial charge in [-0.15, -0.1) is 0 Å². The Morgan fingerprint density at radius 1 is 1.04 bits per heavy atom. The number of hydrogen-bond donors (Lipinski definition) is 3. The Kier molecular flexibility index (Phi) is 5.55. The highest BCUT2D eigenvalue weighted by molar-refractivity contribution is 7.89. The number of H-pyrrole nitrogens is 1. The Bertz CT molecular complexity index is 1080. The summed E-state index contributed by atoms with van der Waals surface area (Å²) in [6, 6.07) is 13.2. The molecule has 136 valence electrons. The minimum absolute atomic E-state index is 0.131. The third-order valence-corrected chi connectivity index (χ3v) is 5.43. The number of rotatable bonds is 7. The number of anilines is 1. The first kappa shape index (κ1) is 18.4. The Morgan fingerprint density at radius 2 is 1.81 bits per heavy atom. The molecule has 1 aromatic heterocycles. The van der Waals surface area contributed by atoms with Crippen molar-refractivity contribution in [3.05, 3.63) is 63.9 Å². The van der Waals surface area contributed by atoms with Gasteiger partial charge in [-0.05, 0) is 30.7 Å². The van der Waals surface area contributed by atoms with Crippen molar-refractivity contribution >= 4 is 38.2 Å². The smallest absolute Gasteiger partial charge is 0.272 e. The molecule has 1 heterocycles. The number of fused-ring (bicyclic) bond motifs is 1. The lowest BCUT2D eigenvalue weighted by Gasteiger charge is -2.09. The van der Waals surface area contributed by atoms with Crippen LogP contribution in [0.5, 0.6) is 0 Å². The van der Waals surface area contributed by atoms with E-state index >= 15 is 0 Å². The van der Waals surface area contributed by atoms with Crippen LogP contribution in [0.4, 0.5) is 5.82 Å². The Labute approximate surface area is 155 Å². The van der Waals surface area contributed by atoms with Crippen molar-refractivity contribution in [2.75, 3.05) is 18.4 Å². The lowest BCUT2D eigenvalue weighted by molar-refractivity contribution is 0.580. The zero-order valence-electron chi connectivity index (χ0n) is 13.7. The molecule has 3 aromatic rings. The molecule has 0 aliphatic carbocycles. The molecule has 2 aromatic carbocycles. The molecular weight excluding hydrogens is 376 g/mol. The van der Waals surface area contributed by atoms with Crippen LogP contribution in [0.1, 0.15) is 6.42 Å². The lowest BCUT2D eigenvalue weighted by Crippen LogP contribution is -2.26. The van der Waals surface area contributed by atoms with Gasteiger partial charge in [-0.3, -0.25) is 4.79 Å². The van der Waals surface area contributed by atoms with Crippen LogP contribution in [0, 0.1) is 0 Å². The molecule has 0 spiro atoms. The SMILES string of the molecule is O=c1[nH]nc(NCCCNS(=O)(=O)c2cccc(Cl)c2)c2ccccc12. The Hall–Kier alpha value is -2.42. The molecule has 0 bridgehead atoms. The van der Waals surface area contributed by atoms with Crippen molar-refractivity contribution in [2.45, 2.75) is 11.3 Å². The van der Waals surface area contributed by atoms with Gasteiger partial charge in [0.05, 0.1) is 10.3 Å². The number of benzene rings is 2. The standard InChI is InChI=1S/C17H17ClN4O3S/c18-12-5-3-6-13(11-12)26(24,25)20-10-4-9-19-16-14-7-1-2-8-15(14)17(23)22-21-16/h1-3,5-8,11,20H,4,9-10H2,(H,19,21)(H,22,23). The summed E-state index contributed by atoms with van der Waals surface area (Å²) in [6.07, 6.45) is 0.537. The summed E-state index contributed by atoms with van der Waals surface area (Å²) in [5.74, 6) is 0.554. The molecule has 0 aliphatic rings. The summed E-state index contributed by atoms with van der Waals surface area (Å²) in [5, 5.41) is 11.2. The maximum absolute atomic E-state index is 12.2. The molecule has 0 radical (unpaired) electrons. The Morgan fingerprint density at radius 3 is 2.58 bits per heavy atom. The first-order valence-electron chi connectivity index (χ1n) is 7.94. The maximum Gasteiger partial charge on any atom is 0.272 e. The summed E-state index contributed by atoms with van der Waals surface area (Å²) >= 11 is 5.83. The highest BCUT2D eigenvalue weighted by Crippen LogP contribution is 2.17. The number of halogens is 1. The average Bonchev–Trinajstić information content (AvgIpc) is 2.63. The number of nitrogens with one attached hydrogen (secondary N) is 3. The fourth-order valence-electron chi connectivity index (χ4n) is 2.47. The lowest BCUT2D eigenvalue weighted by atomic mass is 10.2. The number of hydrogen-bond acceptors (Lipinski definition) is 5. The molecule has 9 heteroatoms. The van der Waals surface area contributed by atoms with E-state index in [0.717, 1.165) is 5.39 Å². The van der Waals surface area contributed by atoms with Crippen LogP contribution in [0.15, 0.2) is 58.2 Å². The van der Waals surface area contributed by atoms with E-state index in [9.17, 15) is 13.2 Å². The van der Waals surface area contributed by atoms with E-state index in [1.807, 2.05) is 12.1 Å². The fourth-order valence-corrected chi connectivity index (χ4v) is 3.84. The van der Waals surface area contributed by atoms with Gasteiger partial charge in [0.1, 0.15) is 0 Å². The van der Waals surface area contributed by atoms with E-state index in [0.29, 0.717) is 29.2 Å². The van der Waals surface area contributed by atoms with Gasteiger partial charge in [-0.1, -0.05) is 35.9 Å². The molecule has 0 aliphatic heterocycles. The van der Waals surface area contributed by atoms with Crippen LogP contribution < -0.4 is 15.6 Å². The van der Waals surface area contributed by atoms with E-state index in [1.54, 1.807) is 24.3 Å². The molecule has 0 saturated heterocycles. The monoisotopic (exact) mass is 392 g/mol. The minimum Gasteiger partial charge on any atom is -0.368 e. The summed E-state index contributed by atoms with van der Waals surface area (Å²) in [5.41, 5.74) is -0.250. The van der Waals surface area contributed by atoms with E-state index in [2.05, 4.69) is 20.2 Å². The molecule has 0 unspecified atom stereocenters. The van der Waals surface area contributed by atoms with Gasteiger partial charge < -0.3 is 5.32 Å². The van der Waals surface area contributed by atoms with Crippen LogP contribution in [-0.2, 0) is 10.0 Å². The second-order valence-corrected chi connectivity index (χ2v) is 7.79. The first-order chi connectivity index (χ1) is 12.5. The molecular formula is C17H17ClN4O3S. The maximum atomic E-state index is 12.2. The molecule has 3 N–H and O–H groups in total. The van der Waals surface area contributed by atoms with Crippen molar-refractivity contribution < 1.29 is 8.42 Å². The van der Waals surface area contributed by atoms with E-state index in [4.69, 9.17) is 11.6 Å². The average molecular weight is 393 g/mol. The van der Waals surface area contributed by atoms with Crippen LogP contribution in [0.25, 0.3) is 10.8 Å². The van der Waals surface area contributed by atoms with Crippen LogP contribution >= 0.6 is 11.6 Å². The van der Waals surface area contributed by atoms with Gasteiger partial charge in [-0.2, -0.15) is 5.10 Å². The van der Waals surface area contributed by atoms with Gasteiger partial charge >= 0.3 is 0 Å². The van der Waals surface area contributed by atoms with Crippen LogP contribution in [-0.4, -0.2) is 31.7 Å². The van der Waals surface area contributed by atoms with Gasteiger partial charge in [0, 0.05) is 23.5 Å². The van der Waals surface area contributed by atoms with E-state index in [-0.39, 0.29) is 17.0 Å². The number of aromatic nitrogens is 2. The topological polar surface area (TPSA) is 104 Å². The van der Waals surface area contributed by atoms with Gasteiger partial charge in [0.15, 0.2) is 5.82 Å². The number of sulfonamides is 1. The Balaban J connectivity index is 1.57. The van der Waals surface area contributed by atoms with Gasteiger partial charge in [-0.25, -0.2) is 18.2 Å². The van der Waals surface area contributed by atoms with Crippen LogP contribution in [0.3, 0.4) is 0 Å². The van der Waals surface area contributed by atoms with Crippen molar-refractivity contribution in [3.8, 4) is 0 Å². The van der Waals surface area contributed by atoms with Crippen molar-refractivity contribution in [1.29, 1.82) is 0 Å². The van der Waals surface area contributed by atoms with Crippen molar-refractivity contribution in [1.82, 2.24) is 14.9 Å². The van der Waals surface area contributed by atoms with Crippen molar-refractivity contribution in [3.63, 3.8) is 0 Å². The minimum atomic E-state index is -3.59. The van der Waals surface area contributed by atoms with Gasteiger partial charge in [0.2, 0.25) is 10.0 Å². The second kappa shape index (κ2) is 7.86. The highest BCUT2D eigenvalue weighted by atomic mass is 35.5. The normalized spacial score (nSPS) is 11.6. The fraction of sp³-hybridized carbons (Fsp3) is 0.176. The first-order valence-corrected chi connectivity index (χ1v) is 9.80. The third kappa shape index (κ3) is 4.21. The molecule has 26 heavy (non-hydrogen) atoms. The largest absolute Gasteiger partial charge is 0.368 e. The molecule has 7 nitrogen and oxygen atoms in total. The summed E-state index contributed by atoms with van der Waals surface area (Å²) in [6.45, 7) is 0.740.